The van der Waals surface area contributed by atoms with Crippen LogP contribution in [0.1, 0.15) is 46.0 Å². The summed E-state index contributed by atoms with van der Waals surface area (Å²) in [5, 5.41) is 16.0. The first kappa shape index (κ1) is 25.9. The Labute approximate surface area is 206 Å². The zero-order chi connectivity index (χ0) is 24.0. The molecule has 0 spiro atoms. The van der Waals surface area contributed by atoms with Gasteiger partial charge in [-0.15, -0.1) is 0 Å². The maximum absolute atomic E-state index is 12.2. The molecule has 2 aliphatic rings. The minimum absolute atomic E-state index is 0.119. The highest BCUT2D eigenvalue weighted by atomic mass is 35.5. The molecular weight excluding hydrogens is 463 g/mol. The second-order valence-electron chi connectivity index (χ2n) is 9.59. The second kappa shape index (κ2) is 12.1. The highest BCUT2D eigenvalue weighted by Gasteiger charge is 2.27. The highest BCUT2D eigenvalue weighted by molar-refractivity contribution is 6.43. The van der Waals surface area contributed by atoms with Crippen LogP contribution < -0.4 is 15.5 Å². The highest BCUT2D eigenvalue weighted by Crippen LogP contribution is 2.33. The molecule has 1 heterocycles. The number of urea groups is 1. The molecule has 1 aromatic carbocycles. The molecule has 1 aromatic rings. The van der Waals surface area contributed by atoms with E-state index in [1.165, 1.54) is 6.42 Å². The maximum atomic E-state index is 12.2. The molecule has 0 radical (unpaired) electrons. The lowest BCUT2D eigenvalue weighted by Gasteiger charge is -2.37. The van der Waals surface area contributed by atoms with Crippen molar-refractivity contribution in [3.63, 3.8) is 0 Å². The molecule has 1 unspecified atom stereocenters. The molecular formula is C24H36Cl2N4O3. The summed E-state index contributed by atoms with van der Waals surface area (Å²) in [6.07, 6.45) is 5.24. The molecule has 2 amide bonds. The molecule has 1 saturated carbocycles. The fourth-order valence-corrected chi connectivity index (χ4v) is 5.21. The second-order valence-corrected chi connectivity index (χ2v) is 10.4. The summed E-state index contributed by atoms with van der Waals surface area (Å²) in [4.78, 5) is 28.3. The average molecular weight is 499 g/mol. The van der Waals surface area contributed by atoms with E-state index in [0.29, 0.717) is 16.0 Å². The fourth-order valence-electron chi connectivity index (χ4n) is 4.79. The van der Waals surface area contributed by atoms with E-state index in [4.69, 9.17) is 23.2 Å². The molecule has 1 atom stereocenters. The molecule has 3 N–H and O–H groups in total. The van der Waals surface area contributed by atoms with Crippen LogP contribution >= 0.6 is 23.2 Å². The van der Waals surface area contributed by atoms with Crippen molar-refractivity contribution < 1.29 is 14.7 Å². The number of piperazine rings is 1. The van der Waals surface area contributed by atoms with Crippen LogP contribution in [-0.4, -0.2) is 66.8 Å². The molecule has 7 nitrogen and oxygen atoms in total. The first-order valence-corrected chi connectivity index (χ1v) is 12.7. The normalized spacial score (nSPS) is 22.8. The zero-order valence-electron chi connectivity index (χ0n) is 19.5. The predicted molar refractivity (Wildman–Crippen MR) is 133 cm³/mol. The van der Waals surface area contributed by atoms with Crippen LogP contribution in [0.25, 0.3) is 0 Å². The van der Waals surface area contributed by atoms with E-state index in [1.807, 2.05) is 18.2 Å². The fraction of sp³-hybridized carbons (Fsp3) is 0.667. The Morgan fingerprint density at radius 2 is 1.76 bits per heavy atom. The van der Waals surface area contributed by atoms with E-state index in [2.05, 4.69) is 20.4 Å². The number of amides is 2. The van der Waals surface area contributed by atoms with Gasteiger partial charge < -0.3 is 20.6 Å². The summed E-state index contributed by atoms with van der Waals surface area (Å²) in [6, 6.07) is 4.67. The van der Waals surface area contributed by atoms with Crippen molar-refractivity contribution in [2.75, 3.05) is 37.6 Å². The predicted octanol–water partition coefficient (Wildman–Crippen LogP) is 4.47. The number of nitrogens with zero attached hydrogens (tertiary/aromatic N) is 2. The first-order chi connectivity index (χ1) is 15.7. The van der Waals surface area contributed by atoms with Crippen LogP contribution in [0.5, 0.6) is 0 Å². The topological polar surface area (TPSA) is 84.9 Å². The number of aliphatic carboxylic acids is 1. The number of hydrogen-bond donors (Lipinski definition) is 3. The number of carbonyl (C=O) groups is 2. The summed E-state index contributed by atoms with van der Waals surface area (Å²) in [5.41, 5.74) is 1.02. The Bertz CT molecular complexity index is 807. The van der Waals surface area contributed by atoms with Crippen molar-refractivity contribution in [1.82, 2.24) is 15.5 Å². The lowest BCUT2D eigenvalue weighted by atomic mass is 9.84. The Balaban J connectivity index is 1.34. The Morgan fingerprint density at radius 3 is 2.36 bits per heavy atom. The van der Waals surface area contributed by atoms with Gasteiger partial charge in [0.2, 0.25) is 0 Å². The molecule has 1 aliphatic carbocycles. The van der Waals surface area contributed by atoms with Gasteiger partial charge in [0.15, 0.2) is 0 Å². The third-order valence-corrected chi connectivity index (χ3v) is 7.71. The summed E-state index contributed by atoms with van der Waals surface area (Å²) in [7, 11) is 0. The smallest absolute Gasteiger partial charge is 0.326 e. The van der Waals surface area contributed by atoms with Gasteiger partial charge in [-0.2, -0.15) is 0 Å². The van der Waals surface area contributed by atoms with Crippen LogP contribution in [0.2, 0.25) is 10.0 Å². The third-order valence-electron chi connectivity index (χ3n) is 6.90. The summed E-state index contributed by atoms with van der Waals surface area (Å²) < 4.78 is 0. The van der Waals surface area contributed by atoms with Crippen molar-refractivity contribution in [2.24, 2.45) is 11.8 Å². The SMILES string of the molecule is CC(C)C(NC(=O)NC1CCC(CCN2CCN(c3cccc(Cl)c3Cl)CC2)CC1)C(=O)O. The molecule has 184 valence electrons. The lowest BCUT2D eigenvalue weighted by molar-refractivity contribution is -0.140. The Kier molecular flexibility index (Phi) is 9.53. The van der Waals surface area contributed by atoms with Crippen molar-refractivity contribution in [3.8, 4) is 0 Å². The van der Waals surface area contributed by atoms with Crippen molar-refractivity contribution >= 4 is 40.9 Å². The van der Waals surface area contributed by atoms with Gasteiger partial charge in [0, 0.05) is 32.2 Å². The number of halogens is 2. The van der Waals surface area contributed by atoms with Gasteiger partial charge >= 0.3 is 12.0 Å². The number of carboxylic acids is 1. The zero-order valence-corrected chi connectivity index (χ0v) is 21.0. The number of carbonyl (C=O) groups excluding carboxylic acids is 1. The Morgan fingerprint density at radius 1 is 1.09 bits per heavy atom. The van der Waals surface area contributed by atoms with Gasteiger partial charge in [0.25, 0.3) is 0 Å². The average Bonchev–Trinajstić information content (AvgIpc) is 2.79. The van der Waals surface area contributed by atoms with Crippen molar-refractivity contribution in [1.29, 1.82) is 0 Å². The van der Waals surface area contributed by atoms with Crippen LogP contribution in [0, 0.1) is 11.8 Å². The van der Waals surface area contributed by atoms with Crippen molar-refractivity contribution in [2.45, 2.75) is 58.0 Å². The number of hydrogen-bond acceptors (Lipinski definition) is 4. The van der Waals surface area contributed by atoms with Crippen LogP contribution in [0.4, 0.5) is 10.5 Å². The molecule has 9 heteroatoms. The van der Waals surface area contributed by atoms with E-state index in [0.717, 1.165) is 64.1 Å². The first-order valence-electron chi connectivity index (χ1n) is 12.0. The van der Waals surface area contributed by atoms with Gasteiger partial charge in [-0.05, 0) is 62.6 Å². The van der Waals surface area contributed by atoms with Gasteiger partial charge in [0.1, 0.15) is 6.04 Å². The minimum atomic E-state index is -1.000. The number of nitrogens with one attached hydrogen (secondary N) is 2. The Hall–Kier alpha value is -1.70. The largest absolute Gasteiger partial charge is 0.480 e. The van der Waals surface area contributed by atoms with E-state index in [-0.39, 0.29) is 18.0 Å². The van der Waals surface area contributed by atoms with E-state index in [9.17, 15) is 14.7 Å². The van der Waals surface area contributed by atoms with Gasteiger partial charge in [0.05, 0.1) is 15.7 Å². The van der Waals surface area contributed by atoms with Crippen LogP contribution in [-0.2, 0) is 4.79 Å². The number of benzene rings is 1. The van der Waals surface area contributed by atoms with Crippen molar-refractivity contribution in [3.05, 3.63) is 28.2 Å². The summed E-state index contributed by atoms with van der Waals surface area (Å²) in [5.74, 6) is -0.484. The molecule has 0 aromatic heterocycles. The number of rotatable bonds is 8. The van der Waals surface area contributed by atoms with Gasteiger partial charge in [-0.25, -0.2) is 9.59 Å². The van der Waals surface area contributed by atoms with E-state index >= 15 is 0 Å². The summed E-state index contributed by atoms with van der Waals surface area (Å²) >= 11 is 12.5. The molecule has 1 saturated heterocycles. The van der Waals surface area contributed by atoms with E-state index in [1.54, 1.807) is 13.8 Å². The lowest BCUT2D eigenvalue weighted by Crippen LogP contribution is -2.51. The molecule has 1 aliphatic heterocycles. The van der Waals surface area contributed by atoms with Crippen LogP contribution in [0.15, 0.2) is 18.2 Å². The van der Waals surface area contributed by atoms with Crippen LogP contribution in [0.3, 0.4) is 0 Å². The standard InChI is InChI=1S/C24H36Cl2N4O3/c1-16(2)22(23(31)32)28-24(33)27-18-8-6-17(7-9-18)10-11-29-12-14-30(15-13-29)20-5-3-4-19(25)21(20)26/h3-5,16-18,22H,6-15H2,1-2H3,(H,31,32)(H2,27,28,33). The summed E-state index contributed by atoms with van der Waals surface area (Å²) in [6.45, 7) is 8.59. The molecule has 0 bridgehead atoms. The third kappa shape index (κ3) is 7.39. The van der Waals surface area contributed by atoms with Gasteiger partial charge in [-0.3, -0.25) is 4.90 Å². The quantitative estimate of drug-likeness (QED) is 0.492. The molecule has 3 rings (SSSR count). The minimum Gasteiger partial charge on any atom is -0.480 e. The molecule has 33 heavy (non-hydrogen) atoms. The maximum Gasteiger partial charge on any atom is 0.326 e. The van der Waals surface area contributed by atoms with Gasteiger partial charge in [-0.1, -0.05) is 43.1 Å². The monoisotopic (exact) mass is 498 g/mol. The van der Waals surface area contributed by atoms with E-state index < -0.39 is 12.0 Å². The number of anilines is 1. The number of carboxylic acid groups (broad SMARTS) is 1. The molecule has 2 fully saturated rings.